The second kappa shape index (κ2) is 7.33. The molecule has 1 amide bonds. The van der Waals surface area contributed by atoms with E-state index in [2.05, 4.69) is 36.4 Å². The first-order valence-corrected chi connectivity index (χ1v) is 11.1. The molecule has 1 aliphatic rings. The summed E-state index contributed by atoms with van der Waals surface area (Å²) in [5.41, 5.74) is 4.39. The van der Waals surface area contributed by atoms with Crippen LogP contribution in [0.3, 0.4) is 0 Å². The fourth-order valence-electron chi connectivity index (χ4n) is 1.97. The molecule has 0 aliphatic carbocycles. The lowest BCUT2D eigenvalue weighted by Crippen LogP contribution is -2.25. The molecule has 2 rings (SSSR count). The number of hydrogen-bond acceptors (Lipinski definition) is 4. The molecule has 0 radical (unpaired) electrons. The third-order valence-corrected chi connectivity index (χ3v) is 3.99. The molecule has 0 saturated heterocycles. The quantitative estimate of drug-likeness (QED) is 0.389. The SMILES string of the molecule is C[Si](C)(C)C#Cc1cc2c(cc1C(=O)NCCCC=O)OCO2. The average Bonchev–Trinajstić information content (AvgIpc) is 2.95. The molecule has 0 unspecified atom stereocenters. The Kier molecular flexibility index (Phi) is 5.45. The summed E-state index contributed by atoms with van der Waals surface area (Å²) < 4.78 is 10.7. The van der Waals surface area contributed by atoms with Gasteiger partial charge in [-0.1, -0.05) is 25.6 Å². The minimum Gasteiger partial charge on any atom is -0.454 e. The third-order valence-electron chi connectivity index (χ3n) is 3.11. The maximum absolute atomic E-state index is 12.4. The Hall–Kier alpha value is -2.26. The molecule has 0 saturated carbocycles. The number of carbonyl (C=O) groups is 2. The van der Waals surface area contributed by atoms with Crippen LogP contribution >= 0.6 is 0 Å². The van der Waals surface area contributed by atoms with Gasteiger partial charge in [-0.15, -0.1) is 5.54 Å². The highest BCUT2D eigenvalue weighted by molar-refractivity contribution is 6.83. The van der Waals surface area contributed by atoms with E-state index in [1.54, 1.807) is 12.1 Å². The summed E-state index contributed by atoms with van der Waals surface area (Å²) in [6.07, 6.45) is 1.90. The molecule has 1 heterocycles. The number of fused-ring (bicyclic) bond motifs is 1. The fraction of sp³-hybridized carbons (Fsp3) is 0.412. The Bertz CT molecular complexity index is 668. The van der Waals surface area contributed by atoms with Crippen molar-refractivity contribution in [3.8, 4) is 23.0 Å². The summed E-state index contributed by atoms with van der Waals surface area (Å²) in [4.78, 5) is 22.7. The number of amides is 1. The molecule has 23 heavy (non-hydrogen) atoms. The van der Waals surface area contributed by atoms with Crippen molar-refractivity contribution in [1.29, 1.82) is 0 Å². The molecule has 0 atom stereocenters. The van der Waals surface area contributed by atoms with Crippen LogP contribution in [0, 0.1) is 11.5 Å². The van der Waals surface area contributed by atoms with Crippen molar-refractivity contribution < 1.29 is 19.1 Å². The standard InChI is InChI=1S/C17H21NO4Si/c1-23(2,3)9-6-13-10-15-16(22-12-21-15)11-14(13)17(20)18-7-4-5-8-19/h8,10-11H,4-5,7,12H2,1-3H3,(H,18,20). The molecule has 0 aromatic heterocycles. The minimum atomic E-state index is -1.56. The van der Waals surface area contributed by atoms with Crippen molar-refractivity contribution in [2.75, 3.05) is 13.3 Å². The largest absolute Gasteiger partial charge is 0.454 e. The summed E-state index contributed by atoms with van der Waals surface area (Å²) in [6, 6.07) is 3.43. The molecule has 5 nitrogen and oxygen atoms in total. The van der Waals surface area contributed by atoms with Gasteiger partial charge in [0.2, 0.25) is 6.79 Å². The van der Waals surface area contributed by atoms with Crippen molar-refractivity contribution in [1.82, 2.24) is 5.32 Å². The van der Waals surface area contributed by atoms with Gasteiger partial charge in [-0.05, 0) is 12.5 Å². The van der Waals surface area contributed by atoms with E-state index in [1.165, 1.54) is 0 Å². The predicted octanol–water partition coefficient (Wildman–Crippen LogP) is 2.35. The molecule has 1 aromatic carbocycles. The zero-order valence-electron chi connectivity index (χ0n) is 13.7. The third kappa shape index (κ3) is 4.86. The molecule has 6 heteroatoms. The average molecular weight is 331 g/mol. The number of benzene rings is 1. The van der Waals surface area contributed by atoms with Gasteiger partial charge in [0, 0.05) is 24.6 Å². The number of ether oxygens (including phenoxy) is 2. The molecule has 1 aliphatic heterocycles. The Labute approximate surface area is 137 Å². The summed E-state index contributed by atoms with van der Waals surface area (Å²) in [5, 5.41) is 2.81. The van der Waals surface area contributed by atoms with E-state index < -0.39 is 8.07 Å². The van der Waals surface area contributed by atoms with Gasteiger partial charge in [-0.2, -0.15) is 0 Å². The Morgan fingerprint density at radius 1 is 1.30 bits per heavy atom. The van der Waals surface area contributed by atoms with Crippen molar-refractivity contribution in [3.63, 3.8) is 0 Å². The van der Waals surface area contributed by atoms with E-state index in [0.29, 0.717) is 42.0 Å². The Morgan fingerprint density at radius 3 is 2.65 bits per heavy atom. The predicted molar refractivity (Wildman–Crippen MR) is 90.4 cm³/mol. The molecular formula is C17H21NO4Si. The monoisotopic (exact) mass is 331 g/mol. The lowest BCUT2D eigenvalue weighted by Gasteiger charge is -2.09. The molecule has 0 fully saturated rings. The molecular weight excluding hydrogens is 310 g/mol. The number of unbranched alkanes of at least 4 members (excludes halogenated alkanes) is 1. The maximum Gasteiger partial charge on any atom is 0.252 e. The molecule has 1 aromatic rings. The molecule has 0 spiro atoms. The van der Waals surface area contributed by atoms with Crippen molar-refractivity contribution >= 4 is 20.3 Å². The number of hydrogen-bond donors (Lipinski definition) is 1. The van der Waals surface area contributed by atoms with Gasteiger partial charge >= 0.3 is 0 Å². The van der Waals surface area contributed by atoms with E-state index >= 15 is 0 Å². The van der Waals surface area contributed by atoms with Crippen LogP contribution in [-0.2, 0) is 4.79 Å². The van der Waals surface area contributed by atoms with E-state index in [9.17, 15) is 9.59 Å². The number of nitrogens with one attached hydrogen (secondary N) is 1. The van der Waals surface area contributed by atoms with Crippen LogP contribution in [0.2, 0.25) is 19.6 Å². The van der Waals surface area contributed by atoms with Gasteiger partial charge in [-0.3, -0.25) is 4.79 Å². The van der Waals surface area contributed by atoms with Crippen LogP contribution < -0.4 is 14.8 Å². The first kappa shape index (κ1) is 17.1. The summed E-state index contributed by atoms with van der Waals surface area (Å²) in [6.45, 7) is 7.04. The van der Waals surface area contributed by atoms with Crippen molar-refractivity contribution in [2.24, 2.45) is 0 Å². The normalized spacial score (nSPS) is 12.3. The first-order valence-electron chi connectivity index (χ1n) is 7.59. The summed E-state index contributed by atoms with van der Waals surface area (Å²) in [7, 11) is -1.56. The molecule has 0 bridgehead atoms. The minimum absolute atomic E-state index is 0.153. The van der Waals surface area contributed by atoms with E-state index in [4.69, 9.17) is 9.47 Å². The Morgan fingerprint density at radius 2 is 2.00 bits per heavy atom. The van der Waals surface area contributed by atoms with Gasteiger partial charge in [0.25, 0.3) is 5.91 Å². The van der Waals surface area contributed by atoms with E-state index in [1.807, 2.05) is 0 Å². The highest BCUT2D eigenvalue weighted by atomic mass is 28.3. The smallest absolute Gasteiger partial charge is 0.252 e. The second-order valence-electron chi connectivity index (χ2n) is 6.32. The van der Waals surface area contributed by atoms with Crippen LogP contribution in [0.4, 0.5) is 0 Å². The second-order valence-corrected chi connectivity index (χ2v) is 11.1. The first-order chi connectivity index (χ1) is 10.9. The van der Waals surface area contributed by atoms with Crippen molar-refractivity contribution in [2.45, 2.75) is 32.5 Å². The maximum atomic E-state index is 12.4. The van der Waals surface area contributed by atoms with E-state index in [-0.39, 0.29) is 12.7 Å². The molecule has 1 N–H and O–H groups in total. The van der Waals surface area contributed by atoms with Crippen LogP contribution in [0.15, 0.2) is 12.1 Å². The van der Waals surface area contributed by atoms with Gasteiger partial charge in [0.05, 0.1) is 5.56 Å². The highest BCUT2D eigenvalue weighted by Crippen LogP contribution is 2.34. The van der Waals surface area contributed by atoms with Crippen molar-refractivity contribution in [3.05, 3.63) is 23.3 Å². The summed E-state index contributed by atoms with van der Waals surface area (Å²) in [5.74, 6) is 4.08. The fourth-order valence-corrected chi connectivity index (χ4v) is 2.48. The van der Waals surface area contributed by atoms with Crippen LogP contribution in [0.1, 0.15) is 28.8 Å². The number of carbonyl (C=O) groups excluding carboxylic acids is 2. The number of aldehydes is 1. The van der Waals surface area contributed by atoms with E-state index in [0.717, 1.165) is 6.29 Å². The zero-order valence-corrected chi connectivity index (χ0v) is 14.7. The topological polar surface area (TPSA) is 64.6 Å². The highest BCUT2D eigenvalue weighted by Gasteiger charge is 2.20. The van der Waals surface area contributed by atoms with Crippen LogP contribution in [-0.4, -0.2) is 33.6 Å². The van der Waals surface area contributed by atoms with Gasteiger partial charge < -0.3 is 19.6 Å². The van der Waals surface area contributed by atoms with Crippen LogP contribution in [0.25, 0.3) is 0 Å². The lowest BCUT2D eigenvalue weighted by molar-refractivity contribution is -0.107. The molecule has 122 valence electrons. The summed E-state index contributed by atoms with van der Waals surface area (Å²) >= 11 is 0. The van der Waals surface area contributed by atoms with Gasteiger partial charge in [0.15, 0.2) is 11.5 Å². The zero-order chi connectivity index (χ0) is 16.9. The van der Waals surface area contributed by atoms with Gasteiger partial charge in [-0.25, -0.2) is 0 Å². The Balaban J connectivity index is 2.26. The van der Waals surface area contributed by atoms with Crippen LogP contribution in [0.5, 0.6) is 11.5 Å². The number of rotatable bonds is 5. The lowest BCUT2D eigenvalue weighted by atomic mass is 10.1. The van der Waals surface area contributed by atoms with Gasteiger partial charge in [0.1, 0.15) is 14.4 Å².